The highest BCUT2D eigenvalue weighted by Crippen LogP contribution is 2.19. The van der Waals surface area contributed by atoms with Crippen LogP contribution in [0.1, 0.15) is 44.8 Å². The number of fused-ring (bicyclic) bond motifs is 1. The van der Waals surface area contributed by atoms with Crippen molar-refractivity contribution in [2.75, 3.05) is 0 Å². The lowest BCUT2D eigenvalue weighted by Gasteiger charge is -2.14. The van der Waals surface area contributed by atoms with Crippen LogP contribution in [-0.4, -0.2) is 16.6 Å². The van der Waals surface area contributed by atoms with Gasteiger partial charge in [0.25, 0.3) is 5.56 Å². The van der Waals surface area contributed by atoms with Gasteiger partial charge in [-0.25, -0.2) is 0 Å². The summed E-state index contributed by atoms with van der Waals surface area (Å²) in [5, 5.41) is 0. The first kappa shape index (κ1) is 12.5. The standard InChI is InChI=1S/C16H13NO3/c18-14-8-4-7-13-11(14)9-12(16(20)17-13)15(19)10-5-2-1-3-6-10/h1-3,5-6,9H,4,7-8H2,(H,17,20). The second-order valence-corrected chi connectivity index (χ2v) is 4.88. The molecule has 0 bridgehead atoms. The molecule has 0 aliphatic heterocycles. The van der Waals surface area contributed by atoms with E-state index in [1.165, 1.54) is 6.07 Å². The molecule has 0 saturated heterocycles. The number of benzene rings is 1. The first-order valence-corrected chi connectivity index (χ1v) is 6.56. The predicted molar refractivity (Wildman–Crippen MR) is 74.2 cm³/mol. The average Bonchev–Trinajstić information content (AvgIpc) is 2.47. The van der Waals surface area contributed by atoms with Crippen molar-refractivity contribution >= 4 is 11.6 Å². The van der Waals surface area contributed by atoms with Crippen LogP contribution in [-0.2, 0) is 6.42 Å². The summed E-state index contributed by atoms with van der Waals surface area (Å²) in [4.78, 5) is 38.9. The van der Waals surface area contributed by atoms with Crippen LogP contribution in [0, 0.1) is 0 Å². The smallest absolute Gasteiger partial charge is 0.259 e. The van der Waals surface area contributed by atoms with E-state index in [1.54, 1.807) is 30.3 Å². The molecule has 1 aliphatic carbocycles. The van der Waals surface area contributed by atoms with Gasteiger partial charge in [0.2, 0.25) is 0 Å². The van der Waals surface area contributed by atoms with Gasteiger partial charge in [0.05, 0.1) is 5.56 Å². The third-order valence-electron chi connectivity index (χ3n) is 3.53. The minimum absolute atomic E-state index is 0.00962. The number of hydrogen-bond acceptors (Lipinski definition) is 3. The highest BCUT2D eigenvalue weighted by atomic mass is 16.1. The molecule has 1 heterocycles. The number of aromatic amines is 1. The van der Waals surface area contributed by atoms with Crippen molar-refractivity contribution in [3.05, 3.63) is 69.1 Å². The van der Waals surface area contributed by atoms with Crippen LogP contribution in [0.5, 0.6) is 0 Å². The van der Waals surface area contributed by atoms with Gasteiger partial charge in [-0.2, -0.15) is 0 Å². The van der Waals surface area contributed by atoms with Crippen molar-refractivity contribution in [1.82, 2.24) is 4.98 Å². The van der Waals surface area contributed by atoms with E-state index in [0.29, 0.717) is 29.7 Å². The highest BCUT2D eigenvalue weighted by Gasteiger charge is 2.22. The summed E-state index contributed by atoms with van der Waals surface area (Å²) in [6.07, 6.45) is 1.89. The lowest BCUT2D eigenvalue weighted by Crippen LogP contribution is -2.24. The van der Waals surface area contributed by atoms with E-state index >= 15 is 0 Å². The number of hydrogen-bond donors (Lipinski definition) is 1. The van der Waals surface area contributed by atoms with Crippen molar-refractivity contribution < 1.29 is 9.59 Å². The first-order chi connectivity index (χ1) is 9.66. The van der Waals surface area contributed by atoms with E-state index < -0.39 is 5.56 Å². The fraction of sp³-hybridized carbons (Fsp3) is 0.188. The van der Waals surface area contributed by atoms with Crippen LogP contribution in [0.25, 0.3) is 0 Å². The summed E-state index contributed by atoms with van der Waals surface area (Å²) in [5.74, 6) is -0.363. The largest absolute Gasteiger partial charge is 0.325 e. The van der Waals surface area contributed by atoms with Crippen molar-refractivity contribution in [3.8, 4) is 0 Å². The number of carbonyl (C=O) groups is 2. The van der Waals surface area contributed by atoms with Gasteiger partial charge in [0.1, 0.15) is 0 Å². The monoisotopic (exact) mass is 267 g/mol. The fourth-order valence-electron chi connectivity index (χ4n) is 2.49. The zero-order valence-corrected chi connectivity index (χ0v) is 10.8. The maximum atomic E-state index is 12.3. The van der Waals surface area contributed by atoms with Gasteiger partial charge < -0.3 is 4.98 Å². The Hall–Kier alpha value is -2.49. The van der Waals surface area contributed by atoms with E-state index in [2.05, 4.69) is 4.98 Å². The lowest BCUT2D eigenvalue weighted by atomic mass is 9.92. The van der Waals surface area contributed by atoms with E-state index in [0.717, 1.165) is 6.42 Å². The van der Waals surface area contributed by atoms with Gasteiger partial charge in [-0.1, -0.05) is 30.3 Å². The lowest BCUT2D eigenvalue weighted by molar-refractivity contribution is 0.0971. The summed E-state index contributed by atoms with van der Waals surface area (Å²) in [6, 6.07) is 10.0. The molecule has 0 spiro atoms. The van der Waals surface area contributed by atoms with Crippen LogP contribution in [0.4, 0.5) is 0 Å². The van der Waals surface area contributed by atoms with Crippen LogP contribution in [0.15, 0.2) is 41.2 Å². The SMILES string of the molecule is O=C1CCCc2[nH]c(=O)c(C(=O)c3ccccc3)cc21. The molecule has 100 valence electrons. The molecule has 1 aromatic heterocycles. The van der Waals surface area contributed by atoms with E-state index in [9.17, 15) is 14.4 Å². The zero-order valence-electron chi connectivity index (χ0n) is 10.8. The molecule has 1 aromatic carbocycles. The summed E-state index contributed by atoms with van der Waals surface area (Å²) in [5.41, 5.74) is 1.18. The molecular formula is C16H13NO3. The van der Waals surface area contributed by atoms with E-state index in [1.807, 2.05) is 0 Å². The topological polar surface area (TPSA) is 67.0 Å². The number of H-pyrrole nitrogens is 1. The Bertz CT molecular complexity index is 744. The summed E-state index contributed by atoms with van der Waals surface area (Å²) in [7, 11) is 0. The number of carbonyl (C=O) groups excluding carboxylic acids is 2. The van der Waals surface area contributed by atoms with Gasteiger partial charge in [-0.05, 0) is 18.9 Å². The number of rotatable bonds is 2. The van der Waals surface area contributed by atoms with Gasteiger partial charge >= 0.3 is 0 Å². The van der Waals surface area contributed by atoms with Crippen molar-refractivity contribution in [2.24, 2.45) is 0 Å². The van der Waals surface area contributed by atoms with Crippen LogP contribution in [0.2, 0.25) is 0 Å². The minimum Gasteiger partial charge on any atom is -0.325 e. The third kappa shape index (κ3) is 2.09. The third-order valence-corrected chi connectivity index (χ3v) is 3.53. The molecule has 2 aromatic rings. The van der Waals surface area contributed by atoms with Crippen molar-refractivity contribution in [2.45, 2.75) is 19.3 Å². The fourth-order valence-corrected chi connectivity index (χ4v) is 2.49. The van der Waals surface area contributed by atoms with Gasteiger partial charge in [0, 0.05) is 23.2 Å². The molecule has 0 amide bonds. The Morgan fingerprint density at radius 1 is 1.05 bits per heavy atom. The summed E-state index contributed by atoms with van der Waals surface area (Å²) in [6.45, 7) is 0. The second-order valence-electron chi connectivity index (χ2n) is 4.88. The highest BCUT2D eigenvalue weighted by molar-refractivity contribution is 6.10. The maximum absolute atomic E-state index is 12.3. The molecule has 1 N–H and O–H groups in total. The molecule has 0 fully saturated rings. The normalized spacial score (nSPS) is 13.9. The minimum atomic E-state index is -0.424. The number of Topliss-reactive ketones (excluding diaryl/α,β-unsaturated/α-hetero) is 1. The average molecular weight is 267 g/mol. The van der Waals surface area contributed by atoms with Crippen molar-refractivity contribution in [1.29, 1.82) is 0 Å². The molecule has 1 aliphatic rings. The molecule has 4 nitrogen and oxygen atoms in total. The molecule has 3 rings (SSSR count). The summed E-state index contributed by atoms with van der Waals surface area (Å²) < 4.78 is 0. The Balaban J connectivity index is 2.11. The Kier molecular flexibility index (Phi) is 3.06. The summed E-state index contributed by atoms with van der Waals surface area (Å²) >= 11 is 0. The molecule has 20 heavy (non-hydrogen) atoms. The Morgan fingerprint density at radius 3 is 2.55 bits per heavy atom. The van der Waals surface area contributed by atoms with Crippen LogP contribution >= 0.6 is 0 Å². The Labute approximate surface area is 115 Å². The number of aromatic nitrogens is 1. The zero-order chi connectivity index (χ0) is 14.1. The van der Waals surface area contributed by atoms with Gasteiger partial charge in [-0.15, -0.1) is 0 Å². The van der Waals surface area contributed by atoms with E-state index in [-0.39, 0.29) is 17.1 Å². The number of nitrogens with one attached hydrogen (secondary N) is 1. The number of pyridine rings is 1. The van der Waals surface area contributed by atoms with E-state index in [4.69, 9.17) is 0 Å². The maximum Gasteiger partial charge on any atom is 0.259 e. The van der Waals surface area contributed by atoms with Crippen LogP contribution < -0.4 is 5.56 Å². The molecule has 0 atom stereocenters. The number of aryl methyl sites for hydroxylation is 1. The van der Waals surface area contributed by atoms with Crippen molar-refractivity contribution in [3.63, 3.8) is 0 Å². The van der Waals surface area contributed by atoms with Crippen LogP contribution in [0.3, 0.4) is 0 Å². The first-order valence-electron chi connectivity index (χ1n) is 6.56. The predicted octanol–water partition coefficient (Wildman–Crippen LogP) is 2.12. The second kappa shape index (κ2) is 4.89. The molecule has 4 heteroatoms. The molecular weight excluding hydrogens is 254 g/mol. The van der Waals surface area contributed by atoms with Gasteiger partial charge in [0.15, 0.2) is 11.6 Å². The molecule has 0 unspecified atom stereocenters. The Morgan fingerprint density at radius 2 is 1.80 bits per heavy atom. The molecule has 0 saturated carbocycles. The molecule has 0 radical (unpaired) electrons. The van der Waals surface area contributed by atoms with Gasteiger partial charge in [-0.3, -0.25) is 14.4 Å². The number of ketones is 2. The quantitative estimate of drug-likeness (QED) is 0.847.